The molecule has 0 aliphatic heterocycles. The van der Waals surface area contributed by atoms with Crippen LogP contribution in [0, 0.1) is 0 Å². The van der Waals surface area contributed by atoms with E-state index in [2.05, 4.69) is 81.5 Å². The summed E-state index contributed by atoms with van der Waals surface area (Å²) in [7, 11) is 0. The van der Waals surface area contributed by atoms with E-state index in [0.29, 0.717) is 19.3 Å². The third-order valence-electron chi connectivity index (χ3n) is 13.7. The van der Waals surface area contributed by atoms with Crippen LogP contribution >= 0.6 is 0 Å². The molecule has 72 heavy (non-hydrogen) atoms. The van der Waals surface area contributed by atoms with Crippen molar-refractivity contribution in [2.75, 3.05) is 13.2 Å². The minimum absolute atomic E-state index is 0.0791. The molecule has 0 fully saturated rings. The number of carbonyl (C=O) groups excluding carboxylic acids is 3. The first-order chi connectivity index (χ1) is 35.5. The summed E-state index contributed by atoms with van der Waals surface area (Å²) in [4.78, 5) is 38.2. The Morgan fingerprint density at radius 2 is 0.542 bits per heavy atom. The first-order valence-corrected chi connectivity index (χ1v) is 31.3. The number of unbranched alkanes of at least 4 members (excludes halogenated alkanes) is 36. The van der Waals surface area contributed by atoms with Crippen LogP contribution in [0.3, 0.4) is 0 Å². The molecule has 418 valence electrons. The van der Waals surface area contributed by atoms with Gasteiger partial charge in [-0.15, -0.1) is 0 Å². The average molecular weight is 1010 g/mol. The molecule has 0 aromatic carbocycles. The van der Waals surface area contributed by atoms with Crippen molar-refractivity contribution in [2.45, 2.75) is 329 Å². The largest absolute Gasteiger partial charge is 0.462 e. The second-order valence-electron chi connectivity index (χ2n) is 20.9. The zero-order valence-corrected chi connectivity index (χ0v) is 47.9. The van der Waals surface area contributed by atoms with Crippen molar-refractivity contribution >= 4 is 17.9 Å². The number of esters is 3. The standard InChI is InChI=1S/C66H118O6/c1-4-7-10-13-16-19-22-25-27-29-30-31-32-33-34-35-36-38-39-41-44-47-50-53-56-59-65(68)71-62-63(61-70-64(67)58-55-52-49-46-43-24-21-18-15-12-9-6-3)72-66(69)60-57-54-51-48-45-42-40-37-28-26-23-20-17-14-11-8-5-2/h8,11,17-18,20-21,26,28-30,63H,4-7,9-10,12-16,19,22-25,27,31-62H2,1-3H3/b11-8-,20-17-,21-18-,28-26-,30-29-. The van der Waals surface area contributed by atoms with Gasteiger partial charge in [-0.2, -0.15) is 0 Å². The molecule has 0 bridgehead atoms. The van der Waals surface area contributed by atoms with Crippen LogP contribution in [0.1, 0.15) is 323 Å². The van der Waals surface area contributed by atoms with Gasteiger partial charge in [0.05, 0.1) is 0 Å². The summed E-state index contributed by atoms with van der Waals surface area (Å²) in [5, 5.41) is 0. The molecule has 0 rings (SSSR count). The Balaban J connectivity index is 4.26. The van der Waals surface area contributed by atoms with E-state index in [1.807, 2.05) is 0 Å². The fourth-order valence-corrected chi connectivity index (χ4v) is 9.04. The number of rotatable bonds is 57. The molecule has 0 aliphatic carbocycles. The number of hydrogen-bond acceptors (Lipinski definition) is 6. The highest BCUT2D eigenvalue weighted by Gasteiger charge is 2.19. The quantitative estimate of drug-likeness (QED) is 0.0261. The van der Waals surface area contributed by atoms with E-state index in [1.165, 1.54) is 193 Å². The molecule has 0 saturated carbocycles. The Hall–Kier alpha value is -2.89. The molecular weight excluding hydrogens is 889 g/mol. The number of allylic oxidation sites excluding steroid dienone is 10. The lowest BCUT2D eigenvalue weighted by atomic mass is 10.0. The highest BCUT2D eigenvalue weighted by atomic mass is 16.6. The molecule has 0 heterocycles. The average Bonchev–Trinajstić information content (AvgIpc) is 3.38. The van der Waals surface area contributed by atoms with Gasteiger partial charge in [-0.25, -0.2) is 0 Å². The Morgan fingerprint density at radius 3 is 0.889 bits per heavy atom. The smallest absolute Gasteiger partial charge is 0.306 e. The molecule has 0 aliphatic rings. The van der Waals surface area contributed by atoms with Crippen molar-refractivity contribution < 1.29 is 28.6 Å². The monoisotopic (exact) mass is 1010 g/mol. The van der Waals surface area contributed by atoms with E-state index < -0.39 is 6.10 Å². The van der Waals surface area contributed by atoms with Crippen LogP contribution in [-0.4, -0.2) is 37.2 Å². The van der Waals surface area contributed by atoms with Crippen molar-refractivity contribution in [3.05, 3.63) is 60.8 Å². The fraction of sp³-hybridized carbons (Fsp3) is 0.803. The summed E-state index contributed by atoms with van der Waals surface area (Å²) in [6, 6.07) is 0. The van der Waals surface area contributed by atoms with E-state index in [0.717, 1.165) is 89.9 Å². The topological polar surface area (TPSA) is 78.9 Å². The van der Waals surface area contributed by atoms with Crippen LogP contribution in [-0.2, 0) is 28.6 Å². The molecule has 0 aromatic heterocycles. The van der Waals surface area contributed by atoms with Crippen LogP contribution in [0.2, 0.25) is 0 Å². The van der Waals surface area contributed by atoms with Gasteiger partial charge in [-0.05, 0) is 103 Å². The zero-order chi connectivity index (χ0) is 52.2. The van der Waals surface area contributed by atoms with Crippen LogP contribution in [0.15, 0.2) is 60.8 Å². The maximum atomic E-state index is 12.9. The van der Waals surface area contributed by atoms with Crippen molar-refractivity contribution in [3.63, 3.8) is 0 Å². The highest BCUT2D eigenvalue weighted by molar-refractivity contribution is 5.71. The van der Waals surface area contributed by atoms with Crippen molar-refractivity contribution in [3.8, 4) is 0 Å². The SMILES string of the molecule is CC/C=C\C/C=C\C/C=C\CCCCCCCCCC(=O)OC(COC(=O)CCCCCCC/C=C\CCCCC)COC(=O)CCCCCCCCCCCCCCC/C=C\CCCCCCCCCC. The van der Waals surface area contributed by atoms with Gasteiger partial charge >= 0.3 is 17.9 Å². The molecule has 6 nitrogen and oxygen atoms in total. The van der Waals surface area contributed by atoms with Crippen LogP contribution in [0.5, 0.6) is 0 Å². The van der Waals surface area contributed by atoms with Gasteiger partial charge in [0.2, 0.25) is 0 Å². The molecule has 0 aromatic rings. The predicted octanol–water partition coefficient (Wildman–Crippen LogP) is 21.2. The van der Waals surface area contributed by atoms with Gasteiger partial charge in [0.15, 0.2) is 6.10 Å². The van der Waals surface area contributed by atoms with Gasteiger partial charge in [-0.1, -0.05) is 261 Å². The van der Waals surface area contributed by atoms with E-state index in [4.69, 9.17) is 14.2 Å². The second kappa shape index (κ2) is 60.7. The number of ether oxygens (including phenoxy) is 3. The first-order valence-electron chi connectivity index (χ1n) is 31.3. The second-order valence-corrected chi connectivity index (χ2v) is 20.9. The van der Waals surface area contributed by atoms with Crippen LogP contribution in [0.4, 0.5) is 0 Å². The zero-order valence-electron chi connectivity index (χ0n) is 47.9. The van der Waals surface area contributed by atoms with E-state index in [-0.39, 0.29) is 31.1 Å². The van der Waals surface area contributed by atoms with E-state index in [9.17, 15) is 14.4 Å². The van der Waals surface area contributed by atoms with Gasteiger partial charge in [0, 0.05) is 19.3 Å². The Kier molecular flexibility index (Phi) is 58.2. The lowest BCUT2D eigenvalue weighted by Gasteiger charge is -2.18. The maximum Gasteiger partial charge on any atom is 0.306 e. The minimum atomic E-state index is -0.782. The minimum Gasteiger partial charge on any atom is -0.462 e. The van der Waals surface area contributed by atoms with Crippen molar-refractivity contribution in [2.24, 2.45) is 0 Å². The van der Waals surface area contributed by atoms with Crippen LogP contribution in [0.25, 0.3) is 0 Å². The molecule has 0 spiro atoms. The Bertz CT molecular complexity index is 1290. The molecule has 0 N–H and O–H groups in total. The highest BCUT2D eigenvalue weighted by Crippen LogP contribution is 2.17. The van der Waals surface area contributed by atoms with Gasteiger partial charge in [-0.3, -0.25) is 14.4 Å². The molecule has 0 saturated heterocycles. The maximum absolute atomic E-state index is 12.9. The van der Waals surface area contributed by atoms with Gasteiger partial charge < -0.3 is 14.2 Å². The number of carbonyl (C=O) groups is 3. The predicted molar refractivity (Wildman–Crippen MR) is 312 cm³/mol. The third kappa shape index (κ3) is 58.0. The first kappa shape index (κ1) is 69.1. The molecule has 1 atom stereocenters. The van der Waals surface area contributed by atoms with Gasteiger partial charge in [0.1, 0.15) is 13.2 Å². The third-order valence-corrected chi connectivity index (χ3v) is 13.7. The Labute approximate surface area is 447 Å². The van der Waals surface area contributed by atoms with E-state index >= 15 is 0 Å². The van der Waals surface area contributed by atoms with Crippen LogP contribution < -0.4 is 0 Å². The summed E-state index contributed by atoms with van der Waals surface area (Å²) >= 11 is 0. The summed E-state index contributed by atoms with van der Waals surface area (Å²) in [6.07, 6.45) is 76.6. The molecule has 0 amide bonds. The molecule has 6 heteroatoms. The molecule has 0 radical (unpaired) electrons. The Morgan fingerprint density at radius 1 is 0.292 bits per heavy atom. The van der Waals surface area contributed by atoms with Gasteiger partial charge in [0.25, 0.3) is 0 Å². The number of hydrogen-bond donors (Lipinski definition) is 0. The summed E-state index contributed by atoms with van der Waals surface area (Å²) in [6.45, 7) is 6.53. The normalized spacial score (nSPS) is 12.4. The molecule has 1 unspecified atom stereocenters. The van der Waals surface area contributed by atoms with E-state index in [1.54, 1.807) is 0 Å². The molecular formula is C66H118O6. The summed E-state index contributed by atoms with van der Waals surface area (Å²) in [5.41, 5.74) is 0. The lowest BCUT2D eigenvalue weighted by molar-refractivity contribution is -0.167. The lowest BCUT2D eigenvalue weighted by Crippen LogP contribution is -2.30. The summed E-state index contributed by atoms with van der Waals surface area (Å²) < 4.78 is 16.9. The van der Waals surface area contributed by atoms with Crippen molar-refractivity contribution in [1.82, 2.24) is 0 Å². The van der Waals surface area contributed by atoms with Crippen molar-refractivity contribution in [1.29, 1.82) is 0 Å². The fourth-order valence-electron chi connectivity index (χ4n) is 9.04. The summed E-state index contributed by atoms with van der Waals surface area (Å²) in [5.74, 6) is -0.885.